The van der Waals surface area contributed by atoms with Gasteiger partial charge in [0.05, 0.1) is 26.4 Å². The van der Waals surface area contributed by atoms with E-state index in [0.29, 0.717) is 32.3 Å². The van der Waals surface area contributed by atoms with Crippen LogP contribution in [-0.4, -0.2) is 38.7 Å². The summed E-state index contributed by atoms with van der Waals surface area (Å²) in [6.07, 6.45) is -0.663. The third kappa shape index (κ3) is 5.66. The van der Waals surface area contributed by atoms with Gasteiger partial charge in [-0.2, -0.15) is 5.10 Å². The Bertz CT molecular complexity index is 1170. The van der Waals surface area contributed by atoms with Crippen molar-refractivity contribution in [3.8, 4) is 0 Å². The number of fused-ring (bicyclic) bond motifs is 1. The Kier molecular flexibility index (Phi) is 7.60. The zero-order valence-corrected chi connectivity index (χ0v) is 19.4. The van der Waals surface area contributed by atoms with Crippen molar-refractivity contribution >= 4 is 0 Å². The fourth-order valence-corrected chi connectivity index (χ4v) is 4.37. The van der Waals surface area contributed by atoms with Gasteiger partial charge in [0.2, 0.25) is 0 Å². The Morgan fingerprint density at radius 1 is 0.686 bits per heavy atom. The van der Waals surface area contributed by atoms with E-state index in [9.17, 15) is 5.11 Å². The molecule has 0 radical (unpaired) electrons. The Balaban J connectivity index is 1.38. The number of hydrogen-bond donors (Lipinski definition) is 1. The van der Waals surface area contributed by atoms with Crippen molar-refractivity contribution in [2.75, 3.05) is 6.61 Å². The highest BCUT2D eigenvalue weighted by Crippen LogP contribution is 2.36. The van der Waals surface area contributed by atoms with Gasteiger partial charge in [-0.25, -0.2) is 9.67 Å². The molecule has 0 amide bonds. The summed E-state index contributed by atoms with van der Waals surface area (Å²) >= 11 is 0. The molecule has 1 aromatic heterocycles. The minimum Gasteiger partial charge on any atom is -0.382 e. The molecule has 0 aliphatic carbocycles. The van der Waals surface area contributed by atoms with Crippen LogP contribution in [0.2, 0.25) is 0 Å². The molecule has 0 fully saturated rings. The molecule has 7 heteroatoms. The van der Waals surface area contributed by atoms with Crippen molar-refractivity contribution < 1.29 is 19.3 Å². The normalized spacial score (nSPS) is 21.5. The first-order valence-electron chi connectivity index (χ1n) is 11.8. The Labute approximate surface area is 204 Å². The van der Waals surface area contributed by atoms with Gasteiger partial charge in [-0.1, -0.05) is 91.0 Å². The molecule has 1 N–H and O–H groups in total. The minimum atomic E-state index is -0.979. The zero-order chi connectivity index (χ0) is 23.9. The van der Waals surface area contributed by atoms with Gasteiger partial charge in [0, 0.05) is 0 Å². The van der Waals surface area contributed by atoms with Crippen LogP contribution in [0.4, 0.5) is 0 Å². The van der Waals surface area contributed by atoms with Gasteiger partial charge in [-0.15, -0.1) is 0 Å². The molecule has 4 aromatic rings. The molecule has 3 aromatic carbocycles. The quantitative estimate of drug-likeness (QED) is 0.373. The number of hydrogen-bond acceptors (Lipinski definition) is 6. The predicted molar refractivity (Wildman–Crippen MR) is 130 cm³/mol. The van der Waals surface area contributed by atoms with Crippen LogP contribution in [0.15, 0.2) is 97.3 Å². The predicted octanol–water partition coefficient (Wildman–Crippen LogP) is 4.25. The fraction of sp³-hybridized carbons (Fsp3) is 0.286. The summed E-state index contributed by atoms with van der Waals surface area (Å²) in [6, 6.07) is 29.6. The van der Waals surface area contributed by atoms with Crippen LogP contribution in [-0.2, 0) is 34.0 Å². The van der Waals surface area contributed by atoms with E-state index in [4.69, 9.17) is 14.2 Å². The first-order valence-corrected chi connectivity index (χ1v) is 11.8. The number of nitrogens with zero attached hydrogens (tertiary/aromatic N) is 3. The number of aromatic nitrogens is 3. The van der Waals surface area contributed by atoms with Crippen LogP contribution in [0, 0.1) is 0 Å². The number of aliphatic hydroxyl groups excluding tert-OH is 1. The average molecular weight is 472 g/mol. The minimum absolute atomic E-state index is 0.316. The molecular weight excluding hydrogens is 442 g/mol. The standard InChI is InChI=1S/C28H29N3O4/c32-25-27(35-18-23-14-8-3-9-15-23)26(34-17-22-12-6-2-7-13-22)24(31-28(25)29-20-30-31)19-33-16-21-10-4-1-5-11-21/h1-15,20,24-27,32H,16-19H2/t24-,25+,26-,27-/m1/s1. The molecule has 35 heavy (non-hydrogen) atoms. The lowest BCUT2D eigenvalue weighted by atomic mass is 9.95. The number of benzene rings is 3. The lowest BCUT2D eigenvalue weighted by Gasteiger charge is -2.40. The summed E-state index contributed by atoms with van der Waals surface area (Å²) in [5, 5.41) is 15.6. The van der Waals surface area contributed by atoms with Crippen LogP contribution in [0.5, 0.6) is 0 Å². The van der Waals surface area contributed by atoms with Gasteiger partial charge in [0.15, 0.2) is 5.82 Å². The molecule has 0 spiro atoms. The lowest BCUT2D eigenvalue weighted by molar-refractivity contribution is -0.174. The van der Waals surface area contributed by atoms with Crippen LogP contribution < -0.4 is 0 Å². The van der Waals surface area contributed by atoms with Gasteiger partial charge in [0.25, 0.3) is 0 Å². The molecule has 4 atom stereocenters. The Hall–Kier alpha value is -3.36. The van der Waals surface area contributed by atoms with Gasteiger partial charge < -0.3 is 19.3 Å². The van der Waals surface area contributed by atoms with Crippen molar-refractivity contribution in [3.05, 3.63) is 120 Å². The van der Waals surface area contributed by atoms with E-state index in [0.717, 1.165) is 16.7 Å². The molecule has 0 saturated carbocycles. The maximum atomic E-state index is 11.2. The fourth-order valence-electron chi connectivity index (χ4n) is 4.37. The van der Waals surface area contributed by atoms with Crippen molar-refractivity contribution in [3.63, 3.8) is 0 Å². The second kappa shape index (κ2) is 11.4. The van der Waals surface area contributed by atoms with Gasteiger partial charge in [-0.3, -0.25) is 0 Å². The van der Waals surface area contributed by atoms with Gasteiger partial charge in [-0.05, 0) is 16.7 Å². The van der Waals surface area contributed by atoms with E-state index in [1.165, 1.54) is 6.33 Å². The smallest absolute Gasteiger partial charge is 0.158 e. The van der Waals surface area contributed by atoms with E-state index in [2.05, 4.69) is 10.1 Å². The van der Waals surface area contributed by atoms with E-state index < -0.39 is 18.3 Å². The summed E-state index contributed by atoms with van der Waals surface area (Å²) in [5.41, 5.74) is 3.14. The Morgan fingerprint density at radius 2 is 1.20 bits per heavy atom. The molecule has 5 rings (SSSR count). The van der Waals surface area contributed by atoms with Crippen LogP contribution in [0.1, 0.15) is 34.7 Å². The van der Waals surface area contributed by atoms with Crippen LogP contribution in [0.25, 0.3) is 0 Å². The largest absolute Gasteiger partial charge is 0.382 e. The lowest BCUT2D eigenvalue weighted by Crippen LogP contribution is -2.49. The molecule has 180 valence electrons. The summed E-state index contributed by atoms with van der Waals surface area (Å²) in [6.45, 7) is 1.52. The third-order valence-electron chi connectivity index (χ3n) is 6.16. The second-order valence-corrected chi connectivity index (χ2v) is 8.60. The first kappa shape index (κ1) is 23.4. The average Bonchev–Trinajstić information content (AvgIpc) is 3.40. The van der Waals surface area contributed by atoms with E-state index in [1.807, 2.05) is 91.0 Å². The molecular formula is C28H29N3O4. The summed E-state index contributed by atoms with van der Waals surface area (Å²) in [4.78, 5) is 4.32. The highest BCUT2D eigenvalue weighted by Gasteiger charge is 2.45. The topological polar surface area (TPSA) is 78.6 Å². The zero-order valence-electron chi connectivity index (χ0n) is 19.4. The molecule has 1 aliphatic rings. The number of aliphatic hydroxyl groups is 1. The summed E-state index contributed by atoms with van der Waals surface area (Å²) in [7, 11) is 0. The van der Waals surface area contributed by atoms with Crippen molar-refractivity contribution in [1.29, 1.82) is 0 Å². The molecule has 0 unspecified atom stereocenters. The van der Waals surface area contributed by atoms with Crippen LogP contribution in [0.3, 0.4) is 0 Å². The Morgan fingerprint density at radius 3 is 1.77 bits per heavy atom. The van der Waals surface area contributed by atoms with E-state index in [-0.39, 0.29) is 6.04 Å². The van der Waals surface area contributed by atoms with Crippen LogP contribution >= 0.6 is 0 Å². The SMILES string of the molecule is O[C@@H]1c2ncnn2[C@H](COCc2ccccc2)[C@@H](OCc2ccccc2)[C@@H]1OCc1ccccc1. The maximum Gasteiger partial charge on any atom is 0.158 e. The molecule has 1 aliphatic heterocycles. The van der Waals surface area contributed by atoms with Crippen molar-refractivity contribution in [2.45, 2.75) is 44.2 Å². The third-order valence-corrected chi connectivity index (χ3v) is 6.16. The maximum absolute atomic E-state index is 11.2. The van der Waals surface area contributed by atoms with Gasteiger partial charge >= 0.3 is 0 Å². The monoisotopic (exact) mass is 471 g/mol. The first-order chi connectivity index (χ1) is 17.3. The highest BCUT2D eigenvalue weighted by molar-refractivity contribution is 5.16. The molecule has 0 saturated heterocycles. The molecule has 2 heterocycles. The second-order valence-electron chi connectivity index (χ2n) is 8.60. The van der Waals surface area contributed by atoms with Gasteiger partial charge in [0.1, 0.15) is 30.7 Å². The van der Waals surface area contributed by atoms with E-state index in [1.54, 1.807) is 4.68 Å². The highest BCUT2D eigenvalue weighted by atomic mass is 16.6. The van der Waals surface area contributed by atoms with E-state index >= 15 is 0 Å². The number of rotatable bonds is 10. The molecule has 0 bridgehead atoms. The van der Waals surface area contributed by atoms with Crippen molar-refractivity contribution in [1.82, 2.24) is 14.8 Å². The molecule has 7 nitrogen and oxygen atoms in total. The number of ether oxygens (including phenoxy) is 3. The van der Waals surface area contributed by atoms with Crippen molar-refractivity contribution in [2.24, 2.45) is 0 Å². The summed E-state index contributed by atoms with van der Waals surface area (Å²) < 4.78 is 20.5. The summed E-state index contributed by atoms with van der Waals surface area (Å²) in [5.74, 6) is 0.455.